The first-order chi connectivity index (χ1) is 11.0. The van der Waals surface area contributed by atoms with E-state index in [1.54, 1.807) is 24.3 Å². The number of halogens is 1. The van der Waals surface area contributed by atoms with Crippen LogP contribution in [0.3, 0.4) is 0 Å². The van der Waals surface area contributed by atoms with E-state index < -0.39 is 11.0 Å². The summed E-state index contributed by atoms with van der Waals surface area (Å²) in [5, 5.41) is 5.67. The first kappa shape index (κ1) is 17.7. The topological polar surface area (TPSA) is 63.4 Å². The van der Waals surface area contributed by atoms with Gasteiger partial charge in [-0.2, -0.15) is 0 Å². The van der Waals surface area contributed by atoms with E-state index in [0.29, 0.717) is 16.1 Å². The summed E-state index contributed by atoms with van der Waals surface area (Å²) in [6.07, 6.45) is 0. The van der Waals surface area contributed by atoms with Gasteiger partial charge in [0.05, 0.1) is 9.92 Å². The number of carbonyl (C=O) groups excluding carboxylic acids is 1. The fraction of sp³-hybridized carbons (Fsp3) is 0.235. The van der Waals surface area contributed by atoms with Crippen molar-refractivity contribution in [2.24, 2.45) is 5.14 Å². The fourth-order valence-electron chi connectivity index (χ4n) is 2.38. The summed E-state index contributed by atoms with van der Waals surface area (Å²) in [6, 6.07) is 12.1. The molecule has 0 aliphatic heterocycles. The Morgan fingerprint density at radius 2 is 1.65 bits per heavy atom. The van der Waals surface area contributed by atoms with Crippen LogP contribution >= 0.6 is 11.6 Å². The number of nitrogens with zero attached hydrogens (tertiary/aromatic N) is 1. The minimum Gasteiger partial charge on any atom is -0.372 e. The van der Waals surface area contributed by atoms with Crippen molar-refractivity contribution in [2.45, 2.75) is 18.7 Å². The quantitative estimate of drug-likeness (QED) is 0.812. The van der Waals surface area contributed by atoms with Crippen LogP contribution in [0.2, 0.25) is 5.02 Å². The SMILES string of the molecule is CCN(CC)c1ccc(C(=O)c2ccc(Cl)c(S(N)=O)c2)cc1. The fourth-order valence-corrected chi connectivity index (χ4v) is 3.23. The molecule has 0 spiro atoms. The Morgan fingerprint density at radius 1 is 1.09 bits per heavy atom. The predicted molar refractivity (Wildman–Crippen MR) is 95.5 cm³/mol. The van der Waals surface area contributed by atoms with Crippen LogP contribution in [-0.2, 0) is 11.0 Å². The molecule has 0 heterocycles. The van der Waals surface area contributed by atoms with Gasteiger partial charge in [-0.05, 0) is 56.3 Å². The standard InChI is InChI=1S/C17H19ClN2O2S/c1-3-20(4-2)14-8-5-12(6-9-14)17(21)13-7-10-15(18)16(11-13)23(19)22/h5-11H,3-4,19H2,1-2H3. The summed E-state index contributed by atoms with van der Waals surface area (Å²) in [6.45, 7) is 5.99. The summed E-state index contributed by atoms with van der Waals surface area (Å²) in [4.78, 5) is 15.0. The predicted octanol–water partition coefficient (Wildman–Crippen LogP) is 3.40. The summed E-state index contributed by atoms with van der Waals surface area (Å²) in [7, 11) is -1.73. The Balaban J connectivity index is 2.30. The molecule has 2 N–H and O–H groups in total. The largest absolute Gasteiger partial charge is 0.372 e. The summed E-state index contributed by atoms with van der Waals surface area (Å²) in [5.74, 6) is -0.153. The highest BCUT2D eigenvalue weighted by Gasteiger charge is 2.14. The van der Waals surface area contributed by atoms with E-state index in [2.05, 4.69) is 18.7 Å². The molecule has 1 atom stereocenters. The molecule has 1 unspecified atom stereocenters. The maximum Gasteiger partial charge on any atom is 0.193 e. The zero-order chi connectivity index (χ0) is 17.0. The van der Waals surface area contributed by atoms with Crippen LogP contribution in [0, 0.1) is 0 Å². The van der Waals surface area contributed by atoms with Gasteiger partial charge in [0.2, 0.25) is 0 Å². The van der Waals surface area contributed by atoms with Gasteiger partial charge < -0.3 is 4.90 Å². The van der Waals surface area contributed by atoms with Crippen molar-refractivity contribution in [1.82, 2.24) is 0 Å². The highest BCUT2D eigenvalue weighted by Crippen LogP contribution is 2.22. The van der Waals surface area contributed by atoms with E-state index in [1.165, 1.54) is 6.07 Å². The third-order valence-electron chi connectivity index (χ3n) is 3.67. The first-order valence-corrected chi connectivity index (χ1v) is 8.92. The molecule has 0 amide bonds. The van der Waals surface area contributed by atoms with Gasteiger partial charge >= 0.3 is 0 Å². The lowest BCUT2D eigenvalue weighted by atomic mass is 10.0. The molecule has 6 heteroatoms. The number of rotatable bonds is 6. The first-order valence-electron chi connectivity index (χ1n) is 7.33. The second-order valence-corrected chi connectivity index (χ2v) is 6.43. The molecule has 0 aliphatic rings. The lowest BCUT2D eigenvalue weighted by molar-refractivity contribution is 0.103. The summed E-state index contributed by atoms with van der Waals surface area (Å²) in [5.41, 5.74) is 2.06. The van der Waals surface area contributed by atoms with Crippen molar-refractivity contribution >= 4 is 34.1 Å². The van der Waals surface area contributed by atoms with Crippen LogP contribution in [0.25, 0.3) is 0 Å². The molecule has 2 aromatic rings. The highest BCUT2D eigenvalue weighted by atomic mass is 35.5. The zero-order valence-electron chi connectivity index (χ0n) is 13.1. The zero-order valence-corrected chi connectivity index (χ0v) is 14.7. The van der Waals surface area contributed by atoms with Crippen LogP contribution in [-0.4, -0.2) is 23.1 Å². The van der Waals surface area contributed by atoms with Crippen molar-refractivity contribution in [3.8, 4) is 0 Å². The Morgan fingerprint density at radius 3 is 2.17 bits per heavy atom. The lowest BCUT2D eigenvalue weighted by Crippen LogP contribution is -2.21. The molecule has 0 fully saturated rings. The second kappa shape index (κ2) is 7.73. The van der Waals surface area contributed by atoms with Crippen molar-refractivity contribution in [2.75, 3.05) is 18.0 Å². The maximum absolute atomic E-state index is 12.6. The molecule has 4 nitrogen and oxygen atoms in total. The van der Waals surface area contributed by atoms with Gasteiger partial charge in [-0.15, -0.1) is 0 Å². The minimum absolute atomic E-state index is 0.153. The average molecular weight is 351 g/mol. The van der Waals surface area contributed by atoms with Crippen LogP contribution < -0.4 is 10.0 Å². The Bertz CT molecular complexity index is 728. The van der Waals surface area contributed by atoms with Gasteiger partial charge in [0.1, 0.15) is 11.0 Å². The summed E-state index contributed by atoms with van der Waals surface area (Å²) >= 11 is 5.94. The van der Waals surface area contributed by atoms with E-state index >= 15 is 0 Å². The Hall–Kier alpha value is -1.69. The maximum atomic E-state index is 12.6. The van der Waals surface area contributed by atoms with E-state index in [0.717, 1.165) is 18.8 Å². The van der Waals surface area contributed by atoms with Gasteiger partial charge in [-0.25, -0.2) is 9.35 Å². The number of anilines is 1. The second-order valence-electron chi connectivity index (χ2n) is 4.99. The number of hydrogen-bond donors (Lipinski definition) is 1. The third kappa shape index (κ3) is 3.99. The van der Waals surface area contributed by atoms with Crippen LogP contribution in [0.1, 0.15) is 29.8 Å². The van der Waals surface area contributed by atoms with Gasteiger partial charge in [0.15, 0.2) is 5.78 Å². The van der Waals surface area contributed by atoms with Gasteiger partial charge in [0.25, 0.3) is 0 Å². The van der Waals surface area contributed by atoms with Crippen molar-refractivity contribution in [1.29, 1.82) is 0 Å². The van der Waals surface area contributed by atoms with Crippen molar-refractivity contribution in [3.63, 3.8) is 0 Å². The van der Waals surface area contributed by atoms with Gasteiger partial charge in [-0.1, -0.05) is 11.6 Å². The van der Waals surface area contributed by atoms with Crippen LogP contribution in [0.5, 0.6) is 0 Å². The highest BCUT2D eigenvalue weighted by molar-refractivity contribution is 7.82. The normalized spacial score (nSPS) is 12.0. The monoisotopic (exact) mass is 350 g/mol. The molecular formula is C17H19ClN2O2S. The molecule has 0 saturated carbocycles. The third-order valence-corrected chi connectivity index (χ3v) is 4.88. The van der Waals surface area contributed by atoms with Crippen molar-refractivity contribution < 1.29 is 9.00 Å². The number of nitrogens with two attached hydrogens (primary N) is 1. The molecule has 122 valence electrons. The van der Waals surface area contributed by atoms with Gasteiger partial charge in [0, 0.05) is 29.9 Å². The number of benzene rings is 2. The van der Waals surface area contributed by atoms with E-state index in [9.17, 15) is 9.00 Å². The molecule has 0 aliphatic carbocycles. The number of ketones is 1. The molecule has 0 radical (unpaired) electrons. The lowest BCUT2D eigenvalue weighted by Gasteiger charge is -2.21. The van der Waals surface area contributed by atoms with Crippen LogP contribution in [0.15, 0.2) is 47.4 Å². The molecular weight excluding hydrogens is 332 g/mol. The minimum atomic E-state index is -1.73. The summed E-state index contributed by atoms with van der Waals surface area (Å²) < 4.78 is 11.5. The Kier molecular flexibility index (Phi) is 5.93. The molecule has 0 aromatic heterocycles. The van der Waals surface area contributed by atoms with Gasteiger partial charge in [-0.3, -0.25) is 4.79 Å². The molecule has 2 aromatic carbocycles. The average Bonchev–Trinajstić information content (AvgIpc) is 2.56. The van der Waals surface area contributed by atoms with E-state index in [4.69, 9.17) is 16.7 Å². The molecule has 0 bridgehead atoms. The molecule has 2 rings (SSSR count). The molecule has 23 heavy (non-hydrogen) atoms. The van der Waals surface area contributed by atoms with E-state index in [1.807, 2.05) is 12.1 Å². The number of hydrogen-bond acceptors (Lipinski definition) is 3. The Labute approximate surface area is 143 Å². The number of carbonyl (C=O) groups is 1. The van der Waals surface area contributed by atoms with E-state index in [-0.39, 0.29) is 10.7 Å². The van der Waals surface area contributed by atoms with Crippen LogP contribution in [0.4, 0.5) is 5.69 Å². The molecule has 0 saturated heterocycles. The van der Waals surface area contributed by atoms with Crippen molar-refractivity contribution in [3.05, 3.63) is 58.6 Å². The smallest absolute Gasteiger partial charge is 0.193 e.